The molecule has 96 valence electrons. The first-order valence-corrected chi connectivity index (χ1v) is 7.65. The van der Waals surface area contributed by atoms with Gasteiger partial charge in [0.05, 0.1) is 12.7 Å². The lowest BCUT2D eigenvalue weighted by Gasteiger charge is -2.25. The van der Waals surface area contributed by atoms with Crippen molar-refractivity contribution in [2.75, 3.05) is 13.7 Å². The van der Waals surface area contributed by atoms with Crippen LogP contribution in [0.5, 0.6) is 0 Å². The van der Waals surface area contributed by atoms with Crippen molar-refractivity contribution in [3.63, 3.8) is 0 Å². The van der Waals surface area contributed by atoms with Gasteiger partial charge in [-0.1, -0.05) is 32.6 Å². The largest absolute Gasteiger partial charge is 0.474 e. The Hall–Kier alpha value is 0.110. The Kier molecular flexibility index (Phi) is 6.59. The molecule has 0 aromatic carbocycles. The van der Waals surface area contributed by atoms with Crippen molar-refractivity contribution in [1.82, 2.24) is 0 Å². The Morgan fingerprint density at radius 1 is 1.25 bits per heavy atom. The van der Waals surface area contributed by atoms with Gasteiger partial charge < -0.3 is 0 Å². The van der Waals surface area contributed by atoms with Gasteiger partial charge in [-0.05, 0) is 19.3 Å². The maximum Gasteiger partial charge on any atom is 0.474 e. The minimum atomic E-state index is -3.30. The maximum atomic E-state index is 12.1. The molecular weight excluding hydrogens is 227 g/mol. The molecule has 0 N–H and O–H groups in total. The van der Waals surface area contributed by atoms with Crippen LogP contribution in [0.4, 0.5) is 0 Å². The fourth-order valence-corrected chi connectivity index (χ4v) is 2.98. The molecule has 0 heterocycles. The van der Waals surface area contributed by atoms with Crippen LogP contribution in [0.1, 0.15) is 51.9 Å². The quantitative estimate of drug-likeness (QED) is 0.507. The number of hydrogen-bond acceptors (Lipinski definition) is 4. The Morgan fingerprint density at radius 3 is 2.50 bits per heavy atom. The summed E-state index contributed by atoms with van der Waals surface area (Å²) in [6, 6.07) is 0. The van der Waals surface area contributed by atoms with Gasteiger partial charge in [-0.25, -0.2) is 4.57 Å². The normalized spacial score (nSPS) is 21.9. The minimum Gasteiger partial charge on any atom is -0.290 e. The molecule has 1 atom stereocenters. The summed E-state index contributed by atoms with van der Waals surface area (Å²) in [7, 11) is -1.91. The van der Waals surface area contributed by atoms with E-state index in [9.17, 15) is 4.57 Å². The van der Waals surface area contributed by atoms with Crippen molar-refractivity contribution in [3.8, 4) is 0 Å². The summed E-state index contributed by atoms with van der Waals surface area (Å²) in [4.78, 5) is 0. The lowest BCUT2D eigenvalue weighted by molar-refractivity contribution is 0.0714. The smallest absolute Gasteiger partial charge is 0.290 e. The van der Waals surface area contributed by atoms with Crippen LogP contribution in [0.15, 0.2) is 0 Å². The zero-order valence-electron chi connectivity index (χ0n) is 10.3. The predicted octanol–water partition coefficient (Wildman–Crippen LogP) is 3.91. The Morgan fingerprint density at radius 2 is 1.94 bits per heavy atom. The van der Waals surface area contributed by atoms with E-state index < -0.39 is 7.82 Å². The predicted molar refractivity (Wildman–Crippen MR) is 63.4 cm³/mol. The molecule has 16 heavy (non-hydrogen) atoms. The molecule has 0 aromatic heterocycles. The molecule has 0 radical (unpaired) electrons. The van der Waals surface area contributed by atoms with Gasteiger partial charge in [0.1, 0.15) is 0 Å². The number of hydrogen-bond donors (Lipinski definition) is 0. The third kappa shape index (κ3) is 4.96. The molecule has 1 rings (SSSR count). The number of phosphoric ester groups is 1. The molecule has 1 unspecified atom stereocenters. The van der Waals surface area contributed by atoms with E-state index in [0.29, 0.717) is 6.61 Å². The third-order valence-electron chi connectivity index (χ3n) is 2.80. The second-order valence-corrected chi connectivity index (χ2v) is 5.91. The number of phosphoric acid groups is 1. The van der Waals surface area contributed by atoms with E-state index in [1.165, 1.54) is 13.5 Å². The fourth-order valence-electron chi connectivity index (χ4n) is 1.80. The molecule has 0 aromatic rings. The molecule has 0 aliphatic heterocycles. The molecule has 4 nitrogen and oxygen atoms in total. The first-order valence-electron chi connectivity index (χ1n) is 6.19. The molecule has 5 heteroatoms. The molecule has 0 spiro atoms. The van der Waals surface area contributed by atoms with Crippen LogP contribution >= 0.6 is 7.82 Å². The standard InChI is InChI=1S/C11H23O4P/c1-3-4-10-14-16(12,13-2)15-11-8-6-5-7-9-11/h11H,3-10H2,1-2H3. The second-order valence-electron chi connectivity index (χ2n) is 4.18. The van der Waals surface area contributed by atoms with Crippen LogP contribution < -0.4 is 0 Å². The van der Waals surface area contributed by atoms with Crippen LogP contribution in [-0.2, 0) is 18.1 Å². The van der Waals surface area contributed by atoms with Gasteiger partial charge in [0.25, 0.3) is 0 Å². The van der Waals surface area contributed by atoms with Gasteiger partial charge >= 0.3 is 7.82 Å². The highest BCUT2D eigenvalue weighted by molar-refractivity contribution is 7.48. The second kappa shape index (κ2) is 7.44. The lowest BCUT2D eigenvalue weighted by Crippen LogP contribution is -2.16. The Bertz CT molecular complexity index is 226. The van der Waals surface area contributed by atoms with E-state index in [2.05, 4.69) is 6.92 Å². The maximum absolute atomic E-state index is 12.1. The van der Waals surface area contributed by atoms with Gasteiger partial charge in [0.15, 0.2) is 0 Å². The molecule has 1 aliphatic rings. The van der Waals surface area contributed by atoms with Crippen molar-refractivity contribution in [3.05, 3.63) is 0 Å². The van der Waals surface area contributed by atoms with E-state index in [1.807, 2.05) is 0 Å². The van der Waals surface area contributed by atoms with Crippen molar-refractivity contribution in [2.45, 2.75) is 58.0 Å². The van der Waals surface area contributed by atoms with Gasteiger partial charge in [-0.2, -0.15) is 0 Å². The van der Waals surface area contributed by atoms with E-state index >= 15 is 0 Å². The summed E-state index contributed by atoms with van der Waals surface area (Å²) in [5.74, 6) is 0. The van der Waals surface area contributed by atoms with Gasteiger partial charge in [-0.15, -0.1) is 0 Å². The van der Waals surface area contributed by atoms with E-state index in [0.717, 1.165) is 38.5 Å². The average molecular weight is 250 g/mol. The fraction of sp³-hybridized carbons (Fsp3) is 1.00. The molecule has 1 fully saturated rings. The van der Waals surface area contributed by atoms with Crippen molar-refractivity contribution in [1.29, 1.82) is 0 Å². The molecular formula is C11H23O4P. The Labute approximate surface area is 98.3 Å². The highest BCUT2D eigenvalue weighted by Crippen LogP contribution is 2.51. The summed E-state index contributed by atoms with van der Waals surface area (Å²) in [6.07, 6.45) is 7.38. The van der Waals surface area contributed by atoms with Crippen LogP contribution in [0, 0.1) is 0 Å². The zero-order valence-corrected chi connectivity index (χ0v) is 11.2. The molecule has 0 amide bonds. The summed E-state index contributed by atoms with van der Waals surface area (Å²) < 4.78 is 27.7. The first-order chi connectivity index (χ1) is 7.70. The number of rotatable bonds is 7. The van der Waals surface area contributed by atoms with Crippen LogP contribution in [0.3, 0.4) is 0 Å². The SMILES string of the molecule is CCCCOP(=O)(OC)OC1CCCCC1. The van der Waals surface area contributed by atoms with Crippen LogP contribution in [0.25, 0.3) is 0 Å². The van der Waals surface area contributed by atoms with E-state index in [1.54, 1.807) is 0 Å². The summed E-state index contributed by atoms with van der Waals surface area (Å²) >= 11 is 0. The van der Waals surface area contributed by atoms with Crippen LogP contribution in [-0.4, -0.2) is 19.8 Å². The first kappa shape index (κ1) is 14.2. The monoisotopic (exact) mass is 250 g/mol. The molecule has 1 aliphatic carbocycles. The number of unbranched alkanes of at least 4 members (excludes halogenated alkanes) is 1. The topological polar surface area (TPSA) is 44.8 Å². The van der Waals surface area contributed by atoms with E-state index in [4.69, 9.17) is 13.6 Å². The minimum absolute atomic E-state index is 0.0427. The van der Waals surface area contributed by atoms with Gasteiger partial charge in [0.2, 0.25) is 0 Å². The lowest BCUT2D eigenvalue weighted by atomic mass is 9.98. The summed E-state index contributed by atoms with van der Waals surface area (Å²) in [5, 5.41) is 0. The molecule has 0 bridgehead atoms. The van der Waals surface area contributed by atoms with Gasteiger partial charge in [0, 0.05) is 7.11 Å². The highest BCUT2D eigenvalue weighted by atomic mass is 31.2. The molecule has 0 saturated heterocycles. The van der Waals surface area contributed by atoms with Gasteiger partial charge in [-0.3, -0.25) is 13.6 Å². The van der Waals surface area contributed by atoms with Crippen LogP contribution in [0.2, 0.25) is 0 Å². The average Bonchev–Trinajstić information content (AvgIpc) is 2.31. The zero-order chi connectivity index (χ0) is 11.9. The molecule has 1 saturated carbocycles. The van der Waals surface area contributed by atoms with Crippen molar-refractivity contribution >= 4 is 7.82 Å². The van der Waals surface area contributed by atoms with E-state index in [-0.39, 0.29) is 6.10 Å². The van der Waals surface area contributed by atoms with Crippen molar-refractivity contribution in [2.24, 2.45) is 0 Å². The third-order valence-corrected chi connectivity index (χ3v) is 4.30. The van der Waals surface area contributed by atoms with Crippen molar-refractivity contribution < 1.29 is 18.1 Å². The summed E-state index contributed by atoms with van der Waals surface area (Å²) in [6.45, 7) is 2.50. The summed E-state index contributed by atoms with van der Waals surface area (Å²) in [5.41, 5.74) is 0. The Balaban J connectivity index is 2.35. The highest BCUT2D eigenvalue weighted by Gasteiger charge is 2.29.